The number of hydrogen-bond donors (Lipinski definition) is 3. The molecule has 8 heteroatoms. The molecule has 0 spiro atoms. The quantitative estimate of drug-likeness (QED) is 0.445. The van der Waals surface area contributed by atoms with Gasteiger partial charge in [-0.2, -0.15) is 5.10 Å². The third-order valence-corrected chi connectivity index (χ3v) is 5.43. The maximum atomic E-state index is 12.7. The van der Waals surface area contributed by atoms with Crippen LogP contribution in [0.2, 0.25) is 5.02 Å². The normalized spacial score (nSPS) is 14.7. The molecule has 2 heterocycles. The molecule has 1 atom stereocenters. The average molecular weight is 433 g/mol. The van der Waals surface area contributed by atoms with E-state index in [-0.39, 0.29) is 11.8 Å². The van der Waals surface area contributed by atoms with Crippen molar-refractivity contribution in [3.05, 3.63) is 82.9 Å². The zero-order valence-electron chi connectivity index (χ0n) is 16.2. The van der Waals surface area contributed by atoms with Gasteiger partial charge in [0.05, 0.1) is 10.5 Å². The van der Waals surface area contributed by atoms with Crippen molar-refractivity contribution in [2.45, 2.75) is 12.5 Å². The van der Waals surface area contributed by atoms with Crippen LogP contribution in [0, 0.1) is 0 Å². The zero-order chi connectivity index (χ0) is 21.4. The Morgan fingerprint density at radius 1 is 1.03 bits per heavy atom. The number of nitrogens with one attached hydrogen (secondary N) is 3. The van der Waals surface area contributed by atoms with E-state index in [1.165, 1.54) is 0 Å². The van der Waals surface area contributed by atoms with Crippen molar-refractivity contribution in [1.82, 2.24) is 10.2 Å². The molecular formula is C23H17ClN4O3. The number of H-pyrrole nitrogens is 1. The average Bonchev–Trinajstić information content (AvgIpc) is 3.39. The van der Waals surface area contributed by atoms with Crippen molar-refractivity contribution in [2.75, 3.05) is 10.6 Å². The van der Waals surface area contributed by atoms with Gasteiger partial charge in [0.25, 0.3) is 11.8 Å². The van der Waals surface area contributed by atoms with Gasteiger partial charge in [0.2, 0.25) is 0 Å². The van der Waals surface area contributed by atoms with E-state index in [2.05, 4.69) is 20.8 Å². The minimum Gasteiger partial charge on any atom is -0.480 e. The molecule has 2 amide bonds. The van der Waals surface area contributed by atoms with E-state index in [9.17, 15) is 9.59 Å². The summed E-state index contributed by atoms with van der Waals surface area (Å²) in [5.41, 5.74) is 2.54. The van der Waals surface area contributed by atoms with Gasteiger partial charge in [0.1, 0.15) is 5.75 Å². The smallest absolute Gasteiger partial charge is 0.265 e. The van der Waals surface area contributed by atoms with E-state index in [4.69, 9.17) is 16.3 Å². The SMILES string of the molecule is O=C(Nc1n[nH]c2c(Cl)cccc12)c1cccc(NC(=O)C2Cc3ccccc3O2)c1. The highest BCUT2D eigenvalue weighted by Crippen LogP contribution is 2.29. The summed E-state index contributed by atoms with van der Waals surface area (Å²) in [6.45, 7) is 0. The monoisotopic (exact) mass is 432 g/mol. The van der Waals surface area contributed by atoms with Crippen molar-refractivity contribution in [3.63, 3.8) is 0 Å². The highest BCUT2D eigenvalue weighted by Gasteiger charge is 2.28. The number of para-hydroxylation sites is 2. The first kappa shape index (κ1) is 19.1. The van der Waals surface area contributed by atoms with Crippen LogP contribution in [0.3, 0.4) is 0 Å². The summed E-state index contributed by atoms with van der Waals surface area (Å²) >= 11 is 6.14. The highest BCUT2D eigenvalue weighted by molar-refractivity contribution is 6.35. The predicted molar refractivity (Wildman–Crippen MR) is 119 cm³/mol. The summed E-state index contributed by atoms with van der Waals surface area (Å²) in [4.78, 5) is 25.4. The fourth-order valence-electron chi connectivity index (χ4n) is 3.57. The Labute approximate surface area is 182 Å². The van der Waals surface area contributed by atoms with Gasteiger partial charge in [-0.3, -0.25) is 14.7 Å². The largest absolute Gasteiger partial charge is 0.480 e. The Hall–Kier alpha value is -3.84. The standard InChI is InChI=1S/C23H17ClN4O3/c24-17-9-4-8-16-20(17)27-28-21(16)26-22(29)14-6-3-7-15(11-14)25-23(30)19-12-13-5-1-2-10-18(13)31-19/h1-11,19H,12H2,(H,25,30)(H2,26,27,28,29). The topological polar surface area (TPSA) is 96.1 Å². The van der Waals surface area contributed by atoms with Crippen molar-refractivity contribution in [3.8, 4) is 5.75 Å². The lowest BCUT2D eigenvalue weighted by atomic mass is 10.1. The van der Waals surface area contributed by atoms with Crippen molar-refractivity contribution in [2.24, 2.45) is 0 Å². The number of carbonyl (C=O) groups excluding carboxylic acids is 2. The summed E-state index contributed by atoms with van der Waals surface area (Å²) in [5, 5.41) is 13.8. The van der Waals surface area contributed by atoms with Gasteiger partial charge in [0, 0.05) is 23.1 Å². The van der Waals surface area contributed by atoms with E-state index in [1.54, 1.807) is 36.4 Å². The molecule has 1 aromatic heterocycles. The number of fused-ring (bicyclic) bond motifs is 2. The molecule has 1 aliphatic heterocycles. The maximum absolute atomic E-state index is 12.7. The molecule has 0 aliphatic carbocycles. The van der Waals surface area contributed by atoms with Crippen molar-refractivity contribution >= 4 is 45.8 Å². The van der Waals surface area contributed by atoms with Gasteiger partial charge < -0.3 is 15.4 Å². The molecule has 5 rings (SSSR count). The van der Waals surface area contributed by atoms with Crippen LogP contribution in [0.15, 0.2) is 66.7 Å². The number of ether oxygens (including phenoxy) is 1. The van der Waals surface area contributed by atoms with Crippen molar-refractivity contribution < 1.29 is 14.3 Å². The molecule has 1 unspecified atom stereocenters. The molecule has 0 bridgehead atoms. The molecule has 0 saturated carbocycles. The molecule has 154 valence electrons. The number of anilines is 2. The number of hydrogen-bond acceptors (Lipinski definition) is 4. The summed E-state index contributed by atoms with van der Waals surface area (Å²) in [6, 6.07) is 19.6. The minimum atomic E-state index is -0.602. The molecule has 0 saturated heterocycles. The van der Waals surface area contributed by atoms with Crippen LogP contribution in [0.1, 0.15) is 15.9 Å². The van der Waals surface area contributed by atoms with Gasteiger partial charge in [-0.15, -0.1) is 0 Å². The van der Waals surface area contributed by atoms with Crippen LogP contribution in [-0.2, 0) is 11.2 Å². The molecule has 7 nitrogen and oxygen atoms in total. The Balaban J connectivity index is 1.29. The first-order chi connectivity index (χ1) is 15.1. The molecular weight excluding hydrogens is 416 g/mol. The second kappa shape index (κ2) is 7.77. The van der Waals surface area contributed by atoms with Crippen molar-refractivity contribution in [1.29, 1.82) is 0 Å². The van der Waals surface area contributed by atoms with Gasteiger partial charge in [-0.25, -0.2) is 0 Å². The lowest BCUT2D eigenvalue weighted by molar-refractivity contribution is -0.122. The number of aromatic nitrogens is 2. The third-order valence-electron chi connectivity index (χ3n) is 5.11. The number of amides is 2. The fraction of sp³-hybridized carbons (Fsp3) is 0.0870. The number of aromatic amines is 1. The molecule has 0 radical (unpaired) electrons. The van der Waals surface area contributed by atoms with E-state index in [1.807, 2.05) is 30.3 Å². The van der Waals surface area contributed by atoms with Crippen LogP contribution in [0.25, 0.3) is 10.9 Å². The number of nitrogens with zero attached hydrogens (tertiary/aromatic N) is 1. The number of benzene rings is 3. The highest BCUT2D eigenvalue weighted by atomic mass is 35.5. The van der Waals surface area contributed by atoms with Gasteiger partial charge in [0.15, 0.2) is 11.9 Å². The van der Waals surface area contributed by atoms with Gasteiger partial charge in [-0.05, 0) is 42.0 Å². The maximum Gasteiger partial charge on any atom is 0.265 e. The second-order valence-electron chi connectivity index (χ2n) is 7.18. The first-order valence-corrected chi connectivity index (χ1v) is 10.1. The molecule has 0 fully saturated rings. The summed E-state index contributed by atoms with van der Waals surface area (Å²) in [6.07, 6.45) is -0.0909. The lowest BCUT2D eigenvalue weighted by Crippen LogP contribution is -2.31. The number of carbonyl (C=O) groups is 2. The molecule has 31 heavy (non-hydrogen) atoms. The van der Waals surface area contributed by atoms with E-state index in [0.717, 1.165) is 11.3 Å². The number of halogens is 1. The van der Waals surface area contributed by atoms with Crippen LogP contribution in [0.4, 0.5) is 11.5 Å². The van der Waals surface area contributed by atoms with E-state index < -0.39 is 6.10 Å². The molecule has 1 aliphatic rings. The number of rotatable bonds is 4. The fourth-order valence-corrected chi connectivity index (χ4v) is 3.79. The Morgan fingerprint density at radius 3 is 2.74 bits per heavy atom. The van der Waals surface area contributed by atoms with E-state index in [0.29, 0.717) is 39.4 Å². The Kier molecular flexibility index (Phi) is 4.80. The third kappa shape index (κ3) is 3.71. The zero-order valence-corrected chi connectivity index (χ0v) is 16.9. The predicted octanol–water partition coefficient (Wildman–Crippen LogP) is 4.41. The lowest BCUT2D eigenvalue weighted by Gasteiger charge is -2.12. The minimum absolute atomic E-state index is 0.262. The summed E-state index contributed by atoms with van der Waals surface area (Å²) in [7, 11) is 0. The van der Waals surface area contributed by atoms with Gasteiger partial charge in [-0.1, -0.05) is 41.9 Å². The first-order valence-electron chi connectivity index (χ1n) is 9.68. The van der Waals surface area contributed by atoms with E-state index >= 15 is 0 Å². The Bertz CT molecular complexity index is 1290. The Morgan fingerprint density at radius 2 is 1.87 bits per heavy atom. The van der Waals surface area contributed by atoms with Crippen LogP contribution in [0.5, 0.6) is 5.75 Å². The van der Waals surface area contributed by atoms with Gasteiger partial charge >= 0.3 is 0 Å². The second-order valence-corrected chi connectivity index (χ2v) is 7.58. The summed E-state index contributed by atoms with van der Waals surface area (Å²) in [5.74, 6) is 0.492. The van der Waals surface area contributed by atoms with Crippen LogP contribution < -0.4 is 15.4 Å². The molecule has 3 aromatic carbocycles. The van der Waals surface area contributed by atoms with Crippen LogP contribution in [-0.4, -0.2) is 28.1 Å². The molecule has 3 N–H and O–H groups in total. The van der Waals surface area contributed by atoms with Crippen LogP contribution >= 0.6 is 11.6 Å². The molecule has 4 aromatic rings. The summed E-state index contributed by atoms with van der Waals surface area (Å²) < 4.78 is 5.73.